The second kappa shape index (κ2) is 5.88. The Hall–Kier alpha value is -0.740. The zero-order valence-electron chi connectivity index (χ0n) is 8.00. The molecule has 3 nitrogen and oxygen atoms in total. The second-order valence-electron chi connectivity index (χ2n) is 2.93. The van der Waals surface area contributed by atoms with E-state index < -0.39 is 0 Å². The van der Waals surface area contributed by atoms with Crippen molar-refractivity contribution < 1.29 is 9.53 Å². The Balaban J connectivity index is 2.44. The van der Waals surface area contributed by atoms with E-state index in [1.807, 2.05) is 12.1 Å². The summed E-state index contributed by atoms with van der Waals surface area (Å²) in [4.78, 5) is 15.4. The number of hydrogen-bond acceptors (Lipinski definition) is 3. The second-order valence-corrected chi connectivity index (χ2v) is 3.84. The van der Waals surface area contributed by atoms with Crippen LogP contribution in [0, 0.1) is 0 Å². The summed E-state index contributed by atoms with van der Waals surface area (Å²) in [5.74, 6) is 0.154. The van der Waals surface area contributed by atoms with Gasteiger partial charge in [0.15, 0.2) is 0 Å². The van der Waals surface area contributed by atoms with Crippen molar-refractivity contribution in [1.29, 1.82) is 0 Å². The van der Waals surface area contributed by atoms with E-state index in [-0.39, 0.29) is 5.78 Å². The van der Waals surface area contributed by atoms with Gasteiger partial charge >= 0.3 is 0 Å². The van der Waals surface area contributed by atoms with Crippen LogP contribution in [0.5, 0.6) is 0 Å². The first-order chi connectivity index (χ1) is 6.72. The van der Waals surface area contributed by atoms with Gasteiger partial charge in [-0.25, -0.2) is 0 Å². The number of ether oxygens (including phenoxy) is 1. The number of carbonyl (C=O) groups is 1. The summed E-state index contributed by atoms with van der Waals surface area (Å²) >= 11 is 3.29. The van der Waals surface area contributed by atoms with E-state index in [2.05, 4.69) is 20.9 Å². The first kappa shape index (κ1) is 11.3. The number of nitrogens with zero attached hydrogens (tertiary/aromatic N) is 1. The fourth-order valence-electron chi connectivity index (χ4n) is 1.02. The number of pyridine rings is 1. The lowest BCUT2D eigenvalue weighted by molar-refractivity contribution is -0.119. The molecule has 0 radical (unpaired) electrons. The van der Waals surface area contributed by atoms with E-state index in [9.17, 15) is 4.79 Å². The maximum absolute atomic E-state index is 11.3. The van der Waals surface area contributed by atoms with Gasteiger partial charge in [-0.1, -0.05) is 0 Å². The van der Waals surface area contributed by atoms with Gasteiger partial charge in [0.2, 0.25) is 0 Å². The molecule has 0 N–H and O–H groups in total. The molecule has 14 heavy (non-hydrogen) atoms. The van der Waals surface area contributed by atoms with Gasteiger partial charge in [-0.3, -0.25) is 9.78 Å². The van der Waals surface area contributed by atoms with Gasteiger partial charge < -0.3 is 4.74 Å². The molecule has 0 bridgehead atoms. The lowest BCUT2D eigenvalue weighted by Gasteiger charge is -2.00. The van der Waals surface area contributed by atoms with E-state index in [1.54, 1.807) is 13.3 Å². The van der Waals surface area contributed by atoms with Crippen molar-refractivity contribution in [3.63, 3.8) is 0 Å². The summed E-state index contributed by atoms with van der Waals surface area (Å²) in [6.07, 6.45) is 2.53. The number of carbonyl (C=O) groups excluding carboxylic acids is 1. The average Bonchev–Trinajstić information content (AvgIpc) is 2.18. The van der Waals surface area contributed by atoms with Gasteiger partial charge in [0.25, 0.3) is 0 Å². The van der Waals surface area contributed by atoms with Gasteiger partial charge in [-0.05, 0) is 28.1 Å². The predicted octanol–water partition coefficient (Wildman–Crippen LogP) is 1.99. The Labute approximate surface area is 91.6 Å². The van der Waals surface area contributed by atoms with E-state index >= 15 is 0 Å². The molecule has 0 fully saturated rings. The van der Waals surface area contributed by atoms with Gasteiger partial charge in [-0.15, -0.1) is 0 Å². The summed E-state index contributed by atoms with van der Waals surface area (Å²) in [6.45, 7) is 0.482. The van der Waals surface area contributed by atoms with E-state index in [4.69, 9.17) is 4.74 Å². The number of rotatable bonds is 5. The highest BCUT2D eigenvalue weighted by Crippen LogP contribution is 2.08. The minimum atomic E-state index is 0.154. The molecule has 1 heterocycles. The number of halogens is 1. The number of Topliss-reactive ketones (excluding diaryl/α,β-unsaturated/α-hetero) is 1. The third kappa shape index (κ3) is 3.98. The average molecular weight is 258 g/mol. The lowest BCUT2D eigenvalue weighted by Crippen LogP contribution is -2.07. The highest BCUT2D eigenvalue weighted by molar-refractivity contribution is 9.10. The van der Waals surface area contributed by atoms with Crippen molar-refractivity contribution >= 4 is 21.7 Å². The minimum absolute atomic E-state index is 0.154. The van der Waals surface area contributed by atoms with Crippen LogP contribution >= 0.6 is 15.9 Å². The van der Waals surface area contributed by atoms with Crippen LogP contribution in [0.4, 0.5) is 0 Å². The van der Waals surface area contributed by atoms with Crippen molar-refractivity contribution in [2.24, 2.45) is 0 Å². The van der Waals surface area contributed by atoms with Crippen LogP contribution in [0.3, 0.4) is 0 Å². The number of hydrogen-bond donors (Lipinski definition) is 0. The van der Waals surface area contributed by atoms with Crippen molar-refractivity contribution in [3.05, 3.63) is 28.5 Å². The first-order valence-corrected chi connectivity index (χ1v) is 5.12. The molecular formula is C10H12BrNO2. The monoisotopic (exact) mass is 257 g/mol. The predicted molar refractivity (Wildman–Crippen MR) is 57.1 cm³/mol. The third-order valence-electron chi connectivity index (χ3n) is 1.75. The van der Waals surface area contributed by atoms with Crippen molar-refractivity contribution in [1.82, 2.24) is 4.98 Å². The molecule has 0 amide bonds. The Bertz CT molecular complexity index is 297. The van der Waals surface area contributed by atoms with Crippen LogP contribution in [0.1, 0.15) is 12.1 Å². The normalized spacial score (nSPS) is 10.1. The standard InChI is InChI=1S/C10H12BrNO2/c1-14-5-4-10(13)6-9-3-2-8(11)7-12-9/h2-3,7H,4-6H2,1H3. The smallest absolute Gasteiger partial charge is 0.141 e. The molecule has 1 aromatic heterocycles. The van der Waals surface area contributed by atoms with Gasteiger partial charge in [0.1, 0.15) is 5.78 Å². The minimum Gasteiger partial charge on any atom is -0.384 e. The first-order valence-electron chi connectivity index (χ1n) is 4.33. The van der Waals surface area contributed by atoms with Gasteiger partial charge in [0.05, 0.1) is 6.61 Å². The van der Waals surface area contributed by atoms with E-state index in [0.29, 0.717) is 19.4 Å². The van der Waals surface area contributed by atoms with Crippen molar-refractivity contribution in [3.8, 4) is 0 Å². The summed E-state index contributed by atoms with van der Waals surface area (Å²) in [6, 6.07) is 3.72. The zero-order valence-corrected chi connectivity index (χ0v) is 9.58. The quantitative estimate of drug-likeness (QED) is 0.810. The van der Waals surface area contributed by atoms with E-state index in [1.165, 1.54) is 0 Å². The fourth-order valence-corrected chi connectivity index (χ4v) is 1.25. The van der Waals surface area contributed by atoms with Gasteiger partial charge in [-0.2, -0.15) is 0 Å². The Morgan fingerprint density at radius 3 is 2.93 bits per heavy atom. The Morgan fingerprint density at radius 1 is 1.57 bits per heavy atom. The Morgan fingerprint density at radius 2 is 2.36 bits per heavy atom. The SMILES string of the molecule is COCCC(=O)Cc1ccc(Br)cn1. The van der Waals surface area contributed by atoms with Crippen LogP contribution in [0.2, 0.25) is 0 Å². The lowest BCUT2D eigenvalue weighted by atomic mass is 10.1. The maximum Gasteiger partial charge on any atom is 0.141 e. The summed E-state index contributed by atoms with van der Waals surface area (Å²) in [7, 11) is 1.59. The van der Waals surface area contributed by atoms with E-state index in [0.717, 1.165) is 10.2 Å². The molecule has 1 rings (SSSR count). The highest BCUT2D eigenvalue weighted by Gasteiger charge is 2.03. The molecule has 0 aromatic carbocycles. The fraction of sp³-hybridized carbons (Fsp3) is 0.400. The van der Waals surface area contributed by atoms with Crippen LogP contribution in [-0.4, -0.2) is 24.5 Å². The molecule has 0 spiro atoms. The van der Waals surface area contributed by atoms with Gasteiger partial charge in [0, 0.05) is 36.3 Å². The van der Waals surface area contributed by atoms with Crippen LogP contribution in [-0.2, 0) is 16.0 Å². The molecular weight excluding hydrogens is 246 g/mol. The molecule has 0 aliphatic rings. The van der Waals surface area contributed by atoms with Crippen LogP contribution in [0.15, 0.2) is 22.8 Å². The zero-order chi connectivity index (χ0) is 10.4. The molecule has 0 atom stereocenters. The molecule has 0 aliphatic carbocycles. The van der Waals surface area contributed by atoms with Crippen molar-refractivity contribution in [2.45, 2.75) is 12.8 Å². The largest absolute Gasteiger partial charge is 0.384 e. The number of ketones is 1. The number of methoxy groups -OCH3 is 1. The molecule has 0 unspecified atom stereocenters. The molecule has 0 saturated carbocycles. The number of aromatic nitrogens is 1. The summed E-state index contributed by atoms with van der Waals surface area (Å²) in [5, 5.41) is 0. The van der Waals surface area contributed by atoms with Crippen LogP contribution < -0.4 is 0 Å². The molecule has 4 heteroatoms. The van der Waals surface area contributed by atoms with Crippen LogP contribution in [0.25, 0.3) is 0 Å². The summed E-state index contributed by atoms with van der Waals surface area (Å²) < 4.78 is 5.74. The maximum atomic E-state index is 11.3. The van der Waals surface area contributed by atoms with Crippen molar-refractivity contribution in [2.75, 3.05) is 13.7 Å². The third-order valence-corrected chi connectivity index (χ3v) is 2.22. The molecule has 0 saturated heterocycles. The highest BCUT2D eigenvalue weighted by atomic mass is 79.9. The molecule has 0 aliphatic heterocycles. The summed E-state index contributed by atoms with van der Waals surface area (Å²) in [5.41, 5.74) is 0.800. The molecule has 1 aromatic rings. The topological polar surface area (TPSA) is 39.2 Å². The Kier molecular flexibility index (Phi) is 4.76. The molecule has 76 valence electrons.